The molecule has 32 heavy (non-hydrogen) atoms. The summed E-state index contributed by atoms with van der Waals surface area (Å²) in [6.07, 6.45) is 1.80. The zero-order valence-corrected chi connectivity index (χ0v) is 19.4. The van der Waals surface area contributed by atoms with Gasteiger partial charge in [-0.2, -0.15) is 17.4 Å². The minimum Gasteiger partial charge on any atom is -0.379 e. The Kier molecular flexibility index (Phi) is 7.40. The highest BCUT2D eigenvalue weighted by Gasteiger charge is 2.43. The lowest BCUT2D eigenvalue weighted by atomic mass is 10.1. The van der Waals surface area contributed by atoms with Crippen LogP contribution in [0.15, 0.2) is 29.8 Å². The number of carbonyl (C=O) groups excluding carboxylic acids is 1. The molecule has 174 valence electrons. The molecule has 1 amide bonds. The molecule has 2 fully saturated rings. The van der Waals surface area contributed by atoms with Crippen LogP contribution in [0.2, 0.25) is 5.02 Å². The van der Waals surface area contributed by atoms with Crippen molar-refractivity contribution in [1.29, 1.82) is 0 Å². The topological polar surface area (TPSA) is 104 Å². The zero-order valence-electron chi connectivity index (χ0n) is 17.0. The number of nitrogens with zero attached hydrogens (tertiary/aromatic N) is 3. The van der Waals surface area contributed by atoms with Gasteiger partial charge >= 0.3 is 0 Å². The number of carbonyl (C=O) groups is 1. The highest BCUT2D eigenvalue weighted by molar-refractivity contribution is 7.87. The van der Waals surface area contributed by atoms with Crippen molar-refractivity contribution in [3.63, 3.8) is 0 Å². The van der Waals surface area contributed by atoms with Gasteiger partial charge < -0.3 is 10.1 Å². The molecule has 9 nitrogen and oxygen atoms in total. The van der Waals surface area contributed by atoms with E-state index in [1.807, 2.05) is 0 Å². The van der Waals surface area contributed by atoms with E-state index in [4.69, 9.17) is 16.3 Å². The molecule has 13 heteroatoms. The minimum atomic E-state index is -3.96. The van der Waals surface area contributed by atoms with Crippen LogP contribution < -0.4 is 10.0 Å². The number of morpholine rings is 1. The smallest absolute Gasteiger partial charge is 0.280 e. The maximum absolute atomic E-state index is 13.5. The summed E-state index contributed by atoms with van der Waals surface area (Å²) in [5.74, 6) is -1.12. The summed E-state index contributed by atoms with van der Waals surface area (Å²) in [5.41, 5.74) is 0.288. The van der Waals surface area contributed by atoms with Gasteiger partial charge in [-0.15, -0.1) is 11.3 Å². The summed E-state index contributed by atoms with van der Waals surface area (Å²) in [5, 5.41) is 4.88. The van der Waals surface area contributed by atoms with Crippen LogP contribution in [0, 0.1) is 5.82 Å². The fourth-order valence-corrected chi connectivity index (χ4v) is 6.24. The van der Waals surface area contributed by atoms with E-state index in [-0.39, 0.29) is 23.7 Å². The maximum Gasteiger partial charge on any atom is 0.280 e. The van der Waals surface area contributed by atoms with Gasteiger partial charge in [0, 0.05) is 43.4 Å². The summed E-state index contributed by atoms with van der Waals surface area (Å²) in [7, 11) is -3.96. The highest BCUT2D eigenvalue weighted by Crippen LogP contribution is 2.30. The lowest BCUT2D eigenvalue weighted by Gasteiger charge is -2.38. The van der Waals surface area contributed by atoms with Crippen LogP contribution in [-0.2, 0) is 19.7 Å². The Bertz CT molecular complexity index is 1050. The number of amides is 1. The third kappa shape index (κ3) is 5.45. The van der Waals surface area contributed by atoms with Gasteiger partial charge in [0.1, 0.15) is 16.9 Å². The first-order valence-electron chi connectivity index (χ1n) is 10.1. The van der Waals surface area contributed by atoms with Crippen molar-refractivity contribution in [2.75, 3.05) is 44.7 Å². The molecule has 3 heterocycles. The predicted molar refractivity (Wildman–Crippen MR) is 119 cm³/mol. The Morgan fingerprint density at radius 3 is 2.81 bits per heavy atom. The van der Waals surface area contributed by atoms with E-state index in [2.05, 4.69) is 19.9 Å². The molecule has 0 bridgehead atoms. The number of aromatic nitrogens is 1. The lowest BCUT2D eigenvalue weighted by molar-refractivity contribution is -0.120. The molecule has 2 aromatic rings. The van der Waals surface area contributed by atoms with Crippen molar-refractivity contribution >= 4 is 44.7 Å². The molecule has 0 saturated carbocycles. The van der Waals surface area contributed by atoms with E-state index < -0.39 is 34.0 Å². The van der Waals surface area contributed by atoms with Crippen LogP contribution in [0.1, 0.15) is 17.5 Å². The molecule has 2 atom stereocenters. The lowest BCUT2D eigenvalue weighted by Crippen LogP contribution is -2.59. The number of benzene rings is 1. The van der Waals surface area contributed by atoms with Crippen LogP contribution in [0.4, 0.5) is 10.1 Å². The van der Waals surface area contributed by atoms with Gasteiger partial charge in [-0.25, -0.2) is 9.37 Å². The summed E-state index contributed by atoms with van der Waals surface area (Å²) in [6, 6.07) is 2.23. The van der Waals surface area contributed by atoms with Gasteiger partial charge in [0.15, 0.2) is 0 Å². The fourth-order valence-electron chi connectivity index (χ4n) is 3.74. The average Bonchev–Trinajstić information content (AvgIpc) is 3.30. The molecule has 1 aromatic carbocycles. The SMILES string of the molecule is O=C(Nc1ccc(F)c(Cl)c1)[C@@H]1C[C@H](c2nccs2)NS(=O)(=O)N1CCN1CCOCC1. The Morgan fingerprint density at radius 1 is 1.34 bits per heavy atom. The standard InChI is InChI=1S/C19H23ClFN5O4S2/c20-14-11-13(1-2-15(14)21)23-18(27)17-12-16(19-22-3-10-31-19)24-32(28,29)26(17)5-4-25-6-8-30-9-7-25/h1-3,10-11,16-17,24H,4-9,12H2,(H,23,27)/t16-,17+/m1/s1. The van der Waals surface area contributed by atoms with E-state index in [0.29, 0.717) is 37.9 Å². The number of halogens is 2. The summed E-state index contributed by atoms with van der Waals surface area (Å²) >= 11 is 7.14. The largest absolute Gasteiger partial charge is 0.379 e. The normalized spacial score (nSPS) is 24.3. The third-order valence-corrected chi connectivity index (χ3v) is 8.20. The summed E-state index contributed by atoms with van der Waals surface area (Å²) in [6.45, 7) is 3.20. The van der Waals surface area contributed by atoms with E-state index in [1.54, 1.807) is 11.6 Å². The summed E-state index contributed by atoms with van der Waals surface area (Å²) < 4.78 is 48.9. The molecule has 2 N–H and O–H groups in total. The van der Waals surface area contributed by atoms with Crippen molar-refractivity contribution in [3.8, 4) is 0 Å². The molecule has 4 rings (SSSR count). The first-order valence-corrected chi connectivity index (χ1v) is 12.8. The molecule has 2 aliphatic heterocycles. The van der Waals surface area contributed by atoms with Crippen molar-refractivity contribution < 1.29 is 22.3 Å². The van der Waals surface area contributed by atoms with E-state index in [1.165, 1.54) is 27.8 Å². The average molecular weight is 504 g/mol. The second-order valence-corrected chi connectivity index (χ2v) is 10.5. The number of anilines is 1. The molecular formula is C19H23ClFN5O4S2. The third-order valence-electron chi connectivity index (χ3n) is 5.39. The number of hydrogen-bond acceptors (Lipinski definition) is 7. The minimum absolute atomic E-state index is 0.134. The van der Waals surface area contributed by atoms with Crippen molar-refractivity contribution in [3.05, 3.63) is 45.6 Å². The molecule has 0 radical (unpaired) electrons. The number of ether oxygens (including phenoxy) is 1. The maximum atomic E-state index is 13.5. The molecule has 0 aliphatic carbocycles. The van der Waals surface area contributed by atoms with Crippen LogP contribution in [0.5, 0.6) is 0 Å². The van der Waals surface area contributed by atoms with Crippen LogP contribution in [-0.4, -0.2) is 73.9 Å². The number of nitrogens with one attached hydrogen (secondary N) is 2. The molecule has 0 spiro atoms. The number of thiazole rings is 1. The molecule has 0 unspecified atom stereocenters. The van der Waals surface area contributed by atoms with Crippen LogP contribution >= 0.6 is 22.9 Å². The Hall–Kier alpha value is -1.67. The second-order valence-electron chi connectivity index (χ2n) is 7.48. The predicted octanol–water partition coefficient (Wildman–Crippen LogP) is 1.86. The first kappa shape index (κ1) is 23.5. The quantitative estimate of drug-likeness (QED) is 0.623. The Labute approximate surface area is 194 Å². The Balaban J connectivity index is 1.56. The van der Waals surface area contributed by atoms with Gasteiger partial charge in [0.05, 0.1) is 24.3 Å². The van der Waals surface area contributed by atoms with Crippen molar-refractivity contribution in [2.45, 2.75) is 18.5 Å². The number of rotatable bonds is 6. The zero-order chi connectivity index (χ0) is 22.7. The Morgan fingerprint density at radius 2 is 2.12 bits per heavy atom. The molecule has 2 aliphatic rings. The second kappa shape index (κ2) is 10.1. The van der Waals surface area contributed by atoms with E-state index >= 15 is 0 Å². The molecule has 1 aromatic heterocycles. The van der Waals surface area contributed by atoms with E-state index in [9.17, 15) is 17.6 Å². The van der Waals surface area contributed by atoms with Gasteiger partial charge in [-0.1, -0.05) is 11.6 Å². The highest BCUT2D eigenvalue weighted by atomic mass is 35.5. The van der Waals surface area contributed by atoms with Crippen LogP contribution in [0.3, 0.4) is 0 Å². The van der Waals surface area contributed by atoms with E-state index in [0.717, 1.165) is 6.07 Å². The number of hydrogen-bond donors (Lipinski definition) is 2. The monoisotopic (exact) mass is 503 g/mol. The van der Waals surface area contributed by atoms with Crippen LogP contribution in [0.25, 0.3) is 0 Å². The van der Waals surface area contributed by atoms with Crippen molar-refractivity contribution in [2.24, 2.45) is 0 Å². The van der Waals surface area contributed by atoms with Gasteiger partial charge in [0.25, 0.3) is 10.2 Å². The van der Waals surface area contributed by atoms with Gasteiger partial charge in [0.2, 0.25) is 5.91 Å². The van der Waals surface area contributed by atoms with Gasteiger partial charge in [-0.05, 0) is 24.6 Å². The van der Waals surface area contributed by atoms with Crippen molar-refractivity contribution in [1.82, 2.24) is 18.9 Å². The summed E-state index contributed by atoms with van der Waals surface area (Å²) in [4.78, 5) is 19.5. The van der Waals surface area contributed by atoms with Gasteiger partial charge in [-0.3, -0.25) is 9.69 Å². The first-order chi connectivity index (χ1) is 15.3. The molecular weight excluding hydrogens is 481 g/mol. The molecule has 2 saturated heterocycles. The fraction of sp³-hybridized carbons (Fsp3) is 0.474.